The van der Waals surface area contributed by atoms with Gasteiger partial charge in [-0.05, 0) is 6.42 Å². The molecule has 0 aliphatic heterocycles. The van der Waals surface area contributed by atoms with Crippen LogP contribution in [0.2, 0.25) is 0 Å². The summed E-state index contributed by atoms with van der Waals surface area (Å²) in [4.78, 5) is 29.0. The minimum absolute atomic E-state index is 0.270. The summed E-state index contributed by atoms with van der Waals surface area (Å²) in [6, 6.07) is 0. The molecule has 174 valence electrons. The second-order valence-corrected chi connectivity index (χ2v) is 8.98. The molecule has 1 unspecified atom stereocenters. The molecular formula is C21H43O7P. The fourth-order valence-corrected chi connectivity index (χ4v) is 3.73. The second-order valence-electron chi connectivity index (χ2n) is 7.78. The normalized spacial score (nSPS) is 12.8. The van der Waals surface area contributed by atoms with Gasteiger partial charge in [0, 0.05) is 6.42 Å². The van der Waals surface area contributed by atoms with Gasteiger partial charge in [-0.25, -0.2) is 4.57 Å². The van der Waals surface area contributed by atoms with Crippen LogP contribution < -0.4 is 0 Å². The molecule has 1 atom stereocenters. The molecule has 0 amide bonds. The molecule has 8 heteroatoms. The van der Waals surface area contributed by atoms with Crippen LogP contribution in [-0.2, 0) is 18.6 Å². The van der Waals surface area contributed by atoms with Crippen LogP contribution in [0.1, 0.15) is 110 Å². The van der Waals surface area contributed by atoms with E-state index in [9.17, 15) is 9.36 Å². The second kappa shape index (κ2) is 19.5. The van der Waals surface area contributed by atoms with E-state index in [1.54, 1.807) is 0 Å². The summed E-state index contributed by atoms with van der Waals surface area (Å²) in [5, 5.41) is 8.96. The zero-order valence-corrected chi connectivity index (χ0v) is 19.1. The largest absolute Gasteiger partial charge is 0.470 e. The minimum Gasteiger partial charge on any atom is -0.463 e. The van der Waals surface area contributed by atoms with E-state index >= 15 is 0 Å². The van der Waals surface area contributed by atoms with Gasteiger partial charge in [0.05, 0.1) is 6.61 Å². The summed E-state index contributed by atoms with van der Waals surface area (Å²) < 4.78 is 19.9. The lowest BCUT2D eigenvalue weighted by Gasteiger charge is -2.15. The van der Waals surface area contributed by atoms with Gasteiger partial charge in [-0.3, -0.25) is 9.32 Å². The summed E-state index contributed by atoms with van der Waals surface area (Å²) in [6.45, 7) is 1.26. The Labute approximate surface area is 176 Å². The van der Waals surface area contributed by atoms with E-state index < -0.39 is 26.5 Å². The first kappa shape index (κ1) is 28.5. The lowest BCUT2D eigenvalue weighted by atomic mass is 10.0. The number of aliphatic hydroxyl groups excluding tert-OH is 1. The minimum atomic E-state index is -4.70. The standard InChI is InChI=1S/C21H43O7P/c1-2-3-4-5-6-7-8-9-10-11-12-13-14-15-16-17-21(23)27-19-20(18-22)28-29(24,25)26/h20,22H,2-19H2,1H3,(H2,24,25,26). The predicted molar refractivity (Wildman–Crippen MR) is 115 cm³/mol. The van der Waals surface area contributed by atoms with Gasteiger partial charge >= 0.3 is 13.8 Å². The highest BCUT2D eigenvalue weighted by molar-refractivity contribution is 7.46. The van der Waals surface area contributed by atoms with Gasteiger partial charge in [0.25, 0.3) is 0 Å². The molecule has 0 aliphatic carbocycles. The Bertz CT molecular complexity index is 425. The third kappa shape index (κ3) is 22.1. The number of rotatable bonds is 21. The maximum atomic E-state index is 11.6. The summed E-state index contributed by atoms with van der Waals surface area (Å²) in [5.41, 5.74) is 0. The van der Waals surface area contributed by atoms with Crippen LogP contribution in [0, 0.1) is 0 Å². The lowest BCUT2D eigenvalue weighted by molar-refractivity contribution is -0.147. The van der Waals surface area contributed by atoms with Crippen molar-refractivity contribution in [2.75, 3.05) is 13.2 Å². The molecule has 0 fully saturated rings. The molecule has 29 heavy (non-hydrogen) atoms. The Morgan fingerprint density at radius 2 is 1.21 bits per heavy atom. The Morgan fingerprint density at radius 3 is 1.59 bits per heavy atom. The van der Waals surface area contributed by atoms with E-state index in [0.717, 1.165) is 19.3 Å². The number of hydrogen-bond acceptors (Lipinski definition) is 5. The first-order valence-corrected chi connectivity index (χ1v) is 12.9. The quantitative estimate of drug-likeness (QED) is 0.127. The highest BCUT2D eigenvalue weighted by Gasteiger charge is 2.22. The number of carbonyl (C=O) groups is 1. The van der Waals surface area contributed by atoms with Crippen LogP contribution in [0.3, 0.4) is 0 Å². The van der Waals surface area contributed by atoms with Gasteiger partial charge in [0.1, 0.15) is 12.7 Å². The molecule has 0 aromatic heterocycles. The van der Waals surface area contributed by atoms with Crippen molar-refractivity contribution in [2.45, 2.75) is 116 Å². The van der Waals surface area contributed by atoms with Crippen molar-refractivity contribution >= 4 is 13.8 Å². The number of phosphoric ester groups is 1. The molecule has 0 aromatic rings. The predicted octanol–water partition coefficient (Wildman–Crippen LogP) is 5.26. The molecule has 0 aromatic carbocycles. The number of hydrogen-bond donors (Lipinski definition) is 3. The molecule has 3 N–H and O–H groups in total. The van der Waals surface area contributed by atoms with E-state index in [2.05, 4.69) is 11.4 Å². The van der Waals surface area contributed by atoms with Crippen LogP contribution in [0.5, 0.6) is 0 Å². The van der Waals surface area contributed by atoms with Gasteiger partial charge in [0.15, 0.2) is 0 Å². The average Bonchev–Trinajstić information content (AvgIpc) is 2.67. The van der Waals surface area contributed by atoms with E-state index in [-0.39, 0.29) is 13.0 Å². The zero-order chi connectivity index (χ0) is 21.8. The van der Waals surface area contributed by atoms with E-state index in [1.165, 1.54) is 77.0 Å². The zero-order valence-electron chi connectivity index (χ0n) is 18.2. The lowest BCUT2D eigenvalue weighted by Crippen LogP contribution is -2.24. The number of unbranched alkanes of at least 4 members (excludes halogenated alkanes) is 14. The Morgan fingerprint density at radius 1 is 0.793 bits per heavy atom. The highest BCUT2D eigenvalue weighted by atomic mass is 31.2. The van der Waals surface area contributed by atoms with Crippen LogP contribution >= 0.6 is 7.82 Å². The first-order chi connectivity index (χ1) is 13.9. The number of aliphatic hydroxyl groups is 1. The third-order valence-electron chi connectivity index (χ3n) is 4.90. The van der Waals surface area contributed by atoms with Gasteiger partial charge in [-0.2, -0.15) is 0 Å². The van der Waals surface area contributed by atoms with Gasteiger partial charge in [0.2, 0.25) is 0 Å². The Kier molecular flexibility index (Phi) is 19.2. The molecule has 0 saturated heterocycles. The van der Waals surface area contributed by atoms with E-state index in [4.69, 9.17) is 19.6 Å². The molecule has 0 rings (SSSR count). The number of ether oxygens (including phenoxy) is 1. The molecule has 0 saturated carbocycles. The van der Waals surface area contributed by atoms with Crippen LogP contribution in [-0.4, -0.2) is 40.2 Å². The van der Waals surface area contributed by atoms with Crippen molar-refractivity contribution in [1.29, 1.82) is 0 Å². The molecule has 0 heterocycles. The summed E-state index contributed by atoms with van der Waals surface area (Å²) >= 11 is 0. The van der Waals surface area contributed by atoms with Crippen molar-refractivity contribution in [3.63, 3.8) is 0 Å². The molecule has 0 aliphatic rings. The maximum Gasteiger partial charge on any atom is 0.470 e. The molecular weight excluding hydrogens is 395 g/mol. The highest BCUT2D eigenvalue weighted by Crippen LogP contribution is 2.37. The fraction of sp³-hybridized carbons (Fsp3) is 0.952. The first-order valence-electron chi connectivity index (χ1n) is 11.4. The van der Waals surface area contributed by atoms with Crippen LogP contribution in [0.15, 0.2) is 0 Å². The van der Waals surface area contributed by atoms with Gasteiger partial charge in [-0.1, -0.05) is 96.8 Å². The SMILES string of the molecule is CCCCCCCCCCCCCCCCCC(=O)OCC(CO)OP(=O)(O)O. The molecule has 0 bridgehead atoms. The number of esters is 1. The van der Waals surface area contributed by atoms with Gasteiger partial charge < -0.3 is 19.6 Å². The number of phosphoric acid groups is 1. The molecule has 0 spiro atoms. The van der Waals surface area contributed by atoms with Crippen molar-refractivity contribution in [1.82, 2.24) is 0 Å². The summed E-state index contributed by atoms with van der Waals surface area (Å²) in [5.74, 6) is -0.438. The number of carbonyl (C=O) groups excluding carboxylic acids is 1. The van der Waals surface area contributed by atoms with Gasteiger partial charge in [-0.15, -0.1) is 0 Å². The molecule has 0 radical (unpaired) electrons. The monoisotopic (exact) mass is 438 g/mol. The Balaban J connectivity index is 3.37. The smallest absolute Gasteiger partial charge is 0.463 e. The van der Waals surface area contributed by atoms with E-state index in [1.807, 2.05) is 0 Å². The summed E-state index contributed by atoms with van der Waals surface area (Å²) in [6.07, 6.45) is 17.9. The van der Waals surface area contributed by atoms with Crippen molar-refractivity contribution in [3.05, 3.63) is 0 Å². The van der Waals surface area contributed by atoms with Crippen LogP contribution in [0.4, 0.5) is 0 Å². The maximum absolute atomic E-state index is 11.6. The topological polar surface area (TPSA) is 113 Å². The van der Waals surface area contributed by atoms with E-state index in [0.29, 0.717) is 0 Å². The fourth-order valence-electron chi connectivity index (χ4n) is 3.21. The van der Waals surface area contributed by atoms with Crippen molar-refractivity contribution in [2.24, 2.45) is 0 Å². The molecule has 7 nitrogen and oxygen atoms in total. The third-order valence-corrected chi connectivity index (χ3v) is 5.48. The Hall–Kier alpha value is -0.460. The average molecular weight is 439 g/mol. The summed E-state index contributed by atoms with van der Waals surface area (Å²) in [7, 11) is -4.70. The van der Waals surface area contributed by atoms with Crippen molar-refractivity contribution < 1.29 is 33.5 Å². The van der Waals surface area contributed by atoms with Crippen molar-refractivity contribution in [3.8, 4) is 0 Å². The van der Waals surface area contributed by atoms with Crippen LogP contribution in [0.25, 0.3) is 0 Å².